The maximum atomic E-state index is 12.1. The van der Waals surface area contributed by atoms with Crippen molar-refractivity contribution in [1.82, 2.24) is 4.90 Å². The number of piperazine rings is 1. The number of halogens is 1. The Balaban J connectivity index is 1.58. The maximum Gasteiger partial charge on any atom is 0.248 e. The molecule has 0 unspecified atom stereocenters. The molecule has 5 heteroatoms. The van der Waals surface area contributed by atoms with Crippen molar-refractivity contribution in [3.8, 4) is 0 Å². The summed E-state index contributed by atoms with van der Waals surface area (Å²) in [6.07, 6.45) is 3.21. The van der Waals surface area contributed by atoms with Crippen LogP contribution in [-0.4, -0.2) is 44.0 Å². The minimum absolute atomic E-state index is 0.174. The molecule has 1 aliphatic heterocycles. The summed E-state index contributed by atoms with van der Waals surface area (Å²) in [5, 5.41) is 3.50. The average Bonchev–Trinajstić information content (AvgIpc) is 2.62. The molecule has 1 heterocycles. The minimum Gasteiger partial charge on any atom is -0.369 e. The molecule has 2 aromatic rings. The number of anilines is 2. The molecule has 0 saturated carbocycles. The summed E-state index contributed by atoms with van der Waals surface area (Å²) in [6, 6.07) is 15.4. The van der Waals surface area contributed by atoms with E-state index in [0.717, 1.165) is 37.4 Å². The monoisotopic (exact) mass is 355 g/mol. The largest absolute Gasteiger partial charge is 0.369 e. The van der Waals surface area contributed by atoms with Crippen LogP contribution in [0.2, 0.25) is 5.02 Å². The lowest BCUT2D eigenvalue weighted by atomic mass is 10.2. The van der Waals surface area contributed by atoms with Gasteiger partial charge in [-0.05, 0) is 49.0 Å². The van der Waals surface area contributed by atoms with Crippen molar-refractivity contribution in [2.45, 2.75) is 0 Å². The summed E-state index contributed by atoms with van der Waals surface area (Å²) in [7, 11) is 2.14. The van der Waals surface area contributed by atoms with Gasteiger partial charge in [0.2, 0.25) is 5.91 Å². The van der Waals surface area contributed by atoms with E-state index in [2.05, 4.69) is 34.3 Å². The molecule has 1 fully saturated rings. The standard InChI is InChI=1S/C20H22ClN3O/c1-23-12-14-24(15-13-23)18-9-7-17(8-10-18)22-20(25)11-6-16-4-2-3-5-19(16)21/h2-11H,12-15H2,1H3,(H,22,25)/b11-6+. The molecule has 0 radical (unpaired) electrons. The van der Waals surface area contributed by atoms with Crippen LogP contribution in [0.1, 0.15) is 5.56 Å². The van der Waals surface area contributed by atoms with Gasteiger partial charge in [0, 0.05) is 48.7 Å². The predicted molar refractivity (Wildman–Crippen MR) is 105 cm³/mol. The molecule has 0 aromatic heterocycles. The number of hydrogen-bond donors (Lipinski definition) is 1. The number of hydrogen-bond acceptors (Lipinski definition) is 3. The van der Waals surface area contributed by atoms with Gasteiger partial charge in [0.15, 0.2) is 0 Å². The van der Waals surface area contributed by atoms with Crippen molar-refractivity contribution in [2.75, 3.05) is 43.4 Å². The first kappa shape index (κ1) is 17.5. The topological polar surface area (TPSA) is 35.6 Å². The Kier molecular flexibility index (Phi) is 5.74. The fraction of sp³-hybridized carbons (Fsp3) is 0.250. The van der Waals surface area contributed by atoms with E-state index in [4.69, 9.17) is 11.6 Å². The second-order valence-electron chi connectivity index (χ2n) is 6.18. The average molecular weight is 356 g/mol. The fourth-order valence-corrected chi connectivity index (χ4v) is 2.98. The van der Waals surface area contributed by atoms with Crippen LogP contribution < -0.4 is 10.2 Å². The number of benzene rings is 2. The van der Waals surface area contributed by atoms with E-state index < -0.39 is 0 Å². The lowest BCUT2D eigenvalue weighted by Crippen LogP contribution is -2.44. The summed E-state index contributed by atoms with van der Waals surface area (Å²) < 4.78 is 0. The highest BCUT2D eigenvalue weighted by Crippen LogP contribution is 2.20. The maximum absolute atomic E-state index is 12.1. The van der Waals surface area contributed by atoms with Crippen molar-refractivity contribution in [3.63, 3.8) is 0 Å². The Morgan fingerprint density at radius 2 is 1.72 bits per heavy atom. The van der Waals surface area contributed by atoms with Gasteiger partial charge in [0.25, 0.3) is 0 Å². The molecule has 0 aliphatic carbocycles. The highest BCUT2D eigenvalue weighted by atomic mass is 35.5. The van der Waals surface area contributed by atoms with Crippen LogP contribution in [0.3, 0.4) is 0 Å². The van der Waals surface area contributed by atoms with Gasteiger partial charge in [0.1, 0.15) is 0 Å². The number of likely N-dealkylation sites (N-methyl/N-ethyl adjacent to an activating group) is 1. The van der Waals surface area contributed by atoms with E-state index in [9.17, 15) is 4.79 Å². The second kappa shape index (κ2) is 8.19. The van der Waals surface area contributed by atoms with Gasteiger partial charge in [-0.15, -0.1) is 0 Å². The third kappa shape index (κ3) is 4.84. The number of nitrogens with one attached hydrogen (secondary N) is 1. The summed E-state index contributed by atoms with van der Waals surface area (Å²) >= 11 is 6.08. The molecule has 3 rings (SSSR count). The van der Waals surface area contributed by atoms with Crippen LogP contribution in [0.5, 0.6) is 0 Å². The van der Waals surface area contributed by atoms with E-state index in [0.29, 0.717) is 5.02 Å². The molecule has 1 aliphatic rings. The van der Waals surface area contributed by atoms with E-state index in [1.807, 2.05) is 30.3 Å². The van der Waals surface area contributed by atoms with Crippen LogP contribution >= 0.6 is 11.6 Å². The van der Waals surface area contributed by atoms with Gasteiger partial charge in [-0.3, -0.25) is 4.79 Å². The van der Waals surface area contributed by atoms with Crippen LogP contribution in [0.4, 0.5) is 11.4 Å². The third-order valence-corrected chi connectivity index (χ3v) is 4.67. The Bertz CT molecular complexity index is 750. The molecular formula is C20H22ClN3O. The van der Waals surface area contributed by atoms with Gasteiger partial charge in [-0.25, -0.2) is 0 Å². The van der Waals surface area contributed by atoms with Crippen molar-refractivity contribution in [3.05, 3.63) is 65.2 Å². The molecule has 130 valence electrons. The Hall–Kier alpha value is -2.30. The zero-order valence-corrected chi connectivity index (χ0v) is 15.0. The normalized spacial score (nSPS) is 15.5. The lowest BCUT2D eigenvalue weighted by Gasteiger charge is -2.34. The van der Waals surface area contributed by atoms with Gasteiger partial charge in [0.05, 0.1) is 0 Å². The van der Waals surface area contributed by atoms with Gasteiger partial charge >= 0.3 is 0 Å². The summed E-state index contributed by atoms with van der Waals surface area (Å²) in [4.78, 5) is 16.8. The molecule has 0 atom stereocenters. The molecule has 1 N–H and O–H groups in total. The van der Waals surface area contributed by atoms with Crippen LogP contribution in [0, 0.1) is 0 Å². The lowest BCUT2D eigenvalue weighted by molar-refractivity contribution is -0.111. The molecule has 2 aromatic carbocycles. The van der Waals surface area contributed by atoms with Gasteiger partial charge in [-0.1, -0.05) is 29.8 Å². The second-order valence-corrected chi connectivity index (χ2v) is 6.59. The Labute approximate surface area is 153 Å². The fourth-order valence-electron chi connectivity index (χ4n) is 2.78. The SMILES string of the molecule is CN1CCN(c2ccc(NC(=O)/C=C/c3ccccc3Cl)cc2)CC1. The van der Waals surface area contributed by atoms with Crippen molar-refractivity contribution >= 4 is 35.0 Å². The van der Waals surface area contributed by atoms with Crippen molar-refractivity contribution in [1.29, 1.82) is 0 Å². The number of amides is 1. The van der Waals surface area contributed by atoms with Crippen LogP contribution in [-0.2, 0) is 4.79 Å². The molecule has 0 spiro atoms. The van der Waals surface area contributed by atoms with Crippen LogP contribution in [0.25, 0.3) is 6.08 Å². The Morgan fingerprint density at radius 3 is 2.40 bits per heavy atom. The number of nitrogens with zero attached hydrogens (tertiary/aromatic N) is 2. The number of carbonyl (C=O) groups excluding carboxylic acids is 1. The smallest absolute Gasteiger partial charge is 0.248 e. The minimum atomic E-state index is -0.174. The number of carbonyl (C=O) groups is 1. The predicted octanol–water partition coefficient (Wildman–Crippen LogP) is 3.74. The number of rotatable bonds is 4. The molecular weight excluding hydrogens is 334 g/mol. The highest BCUT2D eigenvalue weighted by Gasteiger charge is 2.13. The van der Waals surface area contributed by atoms with E-state index in [1.54, 1.807) is 12.1 Å². The van der Waals surface area contributed by atoms with Gasteiger partial charge in [-0.2, -0.15) is 0 Å². The Morgan fingerprint density at radius 1 is 1.04 bits per heavy atom. The molecule has 1 amide bonds. The van der Waals surface area contributed by atoms with E-state index >= 15 is 0 Å². The zero-order valence-electron chi connectivity index (χ0n) is 14.3. The summed E-state index contributed by atoms with van der Waals surface area (Å²) in [5.41, 5.74) is 2.80. The first-order valence-electron chi connectivity index (χ1n) is 8.39. The van der Waals surface area contributed by atoms with E-state index in [-0.39, 0.29) is 5.91 Å². The van der Waals surface area contributed by atoms with Crippen molar-refractivity contribution < 1.29 is 4.79 Å². The first-order chi connectivity index (χ1) is 12.1. The van der Waals surface area contributed by atoms with Crippen molar-refractivity contribution in [2.24, 2.45) is 0 Å². The van der Waals surface area contributed by atoms with Crippen LogP contribution in [0.15, 0.2) is 54.6 Å². The summed E-state index contributed by atoms with van der Waals surface area (Å²) in [5.74, 6) is -0.174. The molecule has 4 nitrogen and oxygen atoms in total. The van der Waals surface area contributed by atoms with Gasteiger partial charge < -0.3 is 15.1 Å². The highest BCUT2D eigenvalue weighted by molar-refractivity contribution is 6.32. The molecule has 1 saturated heterocycles. The molecule has 25 heavy (non-hydrogen) atoms. The zero-order chi connectivity index (χ0) is 17.6. The first-order valence-corrected chi connectivity index (χ1v) is 8.77. The molecule has 0 bridgehead atoms. The summed E-state index contributed by atoms with van der Waals surface area (Å²) in [6.45, 7) is 4.21. The third-order valence-electron chi connectivity index (χ3n) is 4.32. The van der Waals surface area contributed by atoms with E-state index in [1.165, 1.54) is 11.8 Å². The quantitative estimate of drug-likeness (QED) is 0.848.